The average Bonchev–Trinajstić information content (AvgIpc) is 2.84. The van der Waals surface area contributed by atoms with Crippen molar-refractivity contribution in [2.24, 2.45) is 0 Å². The topological polar surface area (TPSA) is 57.7 Å². The van der Waals surface area contributed by atoms with Gasteiger partial charge in [0.1, 0.15) is 0 Å². The fourth-order valence-corrected chi connectivity index (χ4v) is 2.13. The van der Waals surface area contributed by atoms with E-state index in [4.69, 9.17) is 14.2 Å². The normalized spacial score (nSPS) is 12.7. The van der Waals surface area contributed by atoms with Crippen LogP contribution in [0.1, 0.15) is 22.8 Å². The van der Waals surface area contributed by atoms with Gasteiger partial charge < -0.3 is 14.2 Å². The van der Waals surface area contributed by atoms with Gasteiger partial charge in [0.05, 0.1) is 17.7 Å². The summed E-state index contributed by atoms with van der Waals surface area (Å²) in [5.74, 6) is 1.01. The van der Waals surface area contributed by atoms with E-state index in [1.165, 1.54) is 6.20 Å². The maximum absolute atomic E-state index is 11.8. The Morgan fingerprint density at radius 1 is 1.37 bits per heavy atom. The van der Waals surface area contributed by atoms with Crippen LogP contribution in [0, 0.1) is 6.92 Å². The Bertz CT molecular complexity index is 666. The molecule has 0 bridgehead atoms. The van der Waals surface area contributed by atoms with Crippen LogP contribution in [0.2, 0.25) is 0 Å². The van der Waals surface area contributed by atoms with Gasteiger partial charge in [0, 0.05) is 17.6 Å². The maximum Gasteiger partial charge on any atom is 0.339 e. The number of esters is 1. The number of rotatable bonds is 2. The standard InChI is InChI=1S/C14H13NO4/c1-3-17-14(16)10-6-15-11-5-13-12(18-7-19-13)4-9(11)8(10)2/h4-6H,3,7H2,1-2H3. The number of benzene rings is 1. The van der Waals surface area contributed by atoms with Crippen molar-refractivity contribution in [1.29, 1.82) is 0 Å². The zero-order valence-electron chi connectivity index (χ0n) is 10.7. The molecule has 5 heteroatoms. The first-order valence-corrected chi connectivity index (χ1v) is 6.06. The van der Waals surface area contributed by atoms with Gasteiger partial charge in [-0.25, -0.2) is 4.79 Å². The van der Waals surface area contributed by atoms with Gasteiger partial charge >= 0.3 is 5.97 Å². The molecule has 0 saturated carbocycles. The van der Waals surface area contributed by atoms with Crippen LogP contribution in [0.25, 0.3) is 10.9 Å². The maximum atomic E-state index is 11.8. The largest absolute Gasteiger partial charge is 0.462 e. The highest BCUT2D eigenvalue weighted by atomic mass is 16.7. The van der Waals surface area contributed by atoms with Crippen molar-refractivity contribution in [1.82, 2.24) is 4.98 Å². The first-order chi connectivity index (χ1) is 9.20. The van der Waals surface area contributed by atoms with Gasteiger partial charge in [0.25, 0.3) is 0 Å². The minimum Gasteiger partial charge on any atom is -0.462 e. The zero-order valence-corrected chi connectivity index (χ0v) is 10.7. The third-order valence-electron chi connectivity index (χ3n) is 3.13. The highest BCUT2D eigenvalue weighted by Crippen LogP contribution is 2.36. The summed E-state index contributed by atoms with van der Waals surface area (Å²) < 4.78 is 15.7. The number of pyridine rings is 1. The van der Waals surface area contributed by atoms with E-state index in [1.807, 2.05) is 19.1 Å². The van der Waals surface area contributed by atoms with E-state index in [9.17, 15) is 4.79 Å². The minimum atomic E-state index is -0.355. The fraction of sp³-hybridized carbons (Fsp3) is 0.286. The van der Waals surface area contributed by atoms with Crippen molar-refractivity contribution in [2.75, 3.05) is 13.4 Å². The summed E-state index contributed by atoms with van der Waals surface area (Å²) in [5.41, 5.74) is 2.09. The lowest BCUT2D eigenvalue weighted by Gasteiger charge is -2.08. The van der Waals surface area contributed by atoms with E-state index in [0.717, 1.165) is 16.5 Å². The van der Waals surface area contributed by atoms with E-state index < -0.39 is 0 Å². The van der Waals surface area contributed by atoms with Crippen LogP contribution in [0.15, 0.2) is 18.3 Å². The second-order valence-corrected chi connectivity index (χ2v) is 4.24. The van der Waals surface area contributed by atoms with Crippen LogP contribution in [0.4, 0.5) is 0 Å². The number of ether oxygens (including phenoxy) is 3. The summed E-state index contributed by atoms with van der Waals surface area (Å²) in [7, 11) is 0. The number of hydrogen-bond donors (Lipinski definition) is 0. The number of carbonyl (C=O) groups is 1. The van der Waals surface area contributed by atoms with Gasteiger partial charge in [-0.2, -0.15) is 0 Å². The summed E-state index contributed by atoms with van der Waals surface area (Å²) in [6.45, 7) is 4.21. The molecule has 5 nitrogen and oxygen atoms in total. The van der Waals surface area contributed by atoms with E-state index >= 15 is 0 Å². The molecule has 2 aromatic rings. The molecule has 0 aliphatic carbocycles. The Morgan fingerprint density at radius 2 is 2.11 bits per heavy atom. The van der Waals surface area contributed by atoms with E-state index in [2.05, 4.69) is 4.98 Å². The number of nitrogens with zero attached hydrogens (tertiary/aromatic N) is 1. The highest BCUT2D eigenvalue weighted by Gasteiger charge is 2.18. The molecule has 0 saturated heterocycles. The molecule has 1 aliphatic heterocycles. The molecule has 2 heterocycles. The molecule has 98 valence electrons. The molecule has 0 fully saturated rings. The Balaban J connectivity index is 2.16. The smallest absolute Gasteiger partial charge is 0.339 e. The molecule has 0 radical (unpaired) electrons. The Hall–Kier alpha value is -2.30. The number of hydrogen-bond acceptors (Lipinski definition) is 5. The van der Waals surface area contributed by atoms with E-state index in [1.54, 1.807) is 6.92 Å². The Morgan fingerprint density at radius 3 is 2.84 bits per heavy atom. The third-order valence-corrected chi connectivity index (χ3v) is 3.13. The number of fused-ring (bicyclic) bond motifs is 2. The second-order valence-electron chi connectivity index (χ2n) is 4.24. The average molecular weight is 259 g/mol. The van der Waals surface area contributed by atoms with Crippen LogP contribution >= 0.6 is 0 Å². The molecule has 1 aromatic heterocycles. The van der Waals surface area contributed by atoms with Gasteiger partial charge in [0.15, 0.2) is 11.5 Å². The lowest BCUT2D eigenvalue weighted by molar-refractivity contribution is 0.0525. The predicted molar refractivity (Wildman–Crippen MR) is 68.6 cm³/mol. The van der Waals surface area contributed by atoms with Crippen molar-refractivity contribution in [3.63, 3.8) is 0 Å². The monoisotopic (exact) mass is 259 g/mol. The van der Waals surface area contributed by atoms with Gasteiger partial charge in [0.2, 0.25) is 6.79 Å². The first kappa shape index (κ1) is 11.8. The van der Waals surface area contributed by atoms with Crippen molar-refractivity contribution >= 4 is 16.9 Å². The molecule has 1 aliphatic rings. The second kappa shape index (κ2) is 4.42. The van der Waals surface area contributed by atoms with Crippen LogP contribution in [-0.2, 0) is 4.74 Å². The van der Waals surface area contributed by atoms with Gasteiger partial charge in [-0.05, 0) is 25.5 Å². The third kappa shape index (κ3) is 1.87. The molecule has 0 unspecified atom stereocenters. The number of aryl methyl sites for hydroxylation is 1. The number of aromatic nitrogens is 1. The summed E-state index contributed by atoms with van der Waals surface area (Å²) >= 11 is 0. The Labute approximate surface area is 110 Å². The summed E-state index contributed by atoms with van der Waals surface area (Å²) in [5, 5.41) is 0.870. The molecule has 3 rings (SSSR count). The van der Waals surface area contributed by atoms with Crippen LogP contribution in [0.5, 0.6) is 11.5 Å². The Kier molecular flexibility index (Phi) is 2.74. The fourth-order valence-electron chi connectivity index (χ4n) is 2.13. The number of carbonyl (C=O) groups excluding carboxylic acids is 1. The molecule has 1 aromatic carbocycles. The van der Waals surface area contributed by atoms with E-state index in [-0.39, 0.29) is 12.8 Å². The van der Waals surface area contributed by atoms with Crippen LogP contribution < -0.4 is 9.47 Å². The first-order valence-electron chi connectivity index (χ1n) is 6.06. The molecule has 0 atom stereocenters. The predicted octanol–water partition coefficient (Wildman–Crippen LogP) is 2.45. The quantitative estimate of drug-likeness (QED) is 0.775. The summed E-state index contributed by atoms with van der Waals surface area (Å²) in [4.78, 5) is 16.1. The lowest BCUT2D eigenvalue weighted by Crippen LogP contribution is -2.07. The van der Waals surface area contributed by atoms with Crippen molar-refractivity contribution in [3.05, 3.63) is 29.5 Å². The van der Waals surface area contributed by atoms with E-state index in [0.29, 0.717) is 23.7 Å². The summed E-state index contributed by atoms with van der Waals surface area (Å²) in [6, 6.07) is 3.67. The van der Waals surface area contributed by atoms with Gasteiger partial charge in [-0.3, -0.25) is 4.98 Å². The van der Waals surface area contributed by atoms with Crippen LogP contribution in [-0.4, -0.2) is 24.4 Å². The molecular weight excluding hydrogens is 246 g/mol. The van der Waals surface area contributed by atoms with Crippen molar-refractivity contribution in [3.8, 4) is 11.5 Å². The molecule has 0 spiro atoms. The molecule has 0 N–H and O–H groups in total. The van der Waals surface area contributed by atoms with Gasteiger partial charge in [-0.15, -0.1) is 0 Å². The lowest BCUT2D eigenvalue weighted by atomic mass is 10.0. The SMILES string of the molecule is CCOC(=O)c1cnc2cc3c(cc2c1C)OCO3. The van der Waals surface area contributed by atoms with Crippen LogP contribution in [0.3, 0.4) is 0 Å². The minimum absolute atomic E-state index is 0.218. The molecule has 19 heavy (non-hydrogen) atoms. The summed E-state index contributed by atoms with van der Waals surface area (Å²) in [6.07, 6.45) is 1.54. The molecular formula is C14H13NO4. The zero-order chi connectivity index (χ0) is 13.4. The van der Waals surface area contributed by atoms with Gasteiger partial charge in [-0.1, -0.05) is 0 Å². The molecule has 0 amide bonds. The highest BCUT2D eigenvalue weighted by molar-refractivity contribution is 5.97. The van der Waals surface area contributed by atoms with Crippen molar-refractivity contribution in [2.45, 2.75) is 13.8 Å². The van der Waals surface area contributed by atoms with Crippen molar-refractivity contribution < 1.29 is 19.0 Å².